The van der Waals surface area contributed by atoms with Crippen LogP contribution in [0.25, 0.3) is 6.08 Å². The van der Waals surface area contributed by atoms with Gasteiger partial charge in [0.05, 0.1) is 0 Å². The van der Waals surface area contributed by atoms with Crippen molar-refractivity contribution >= 4 is 39.3 Å². The average Bonchev–Trinajstić information content (AvgIpc) is 2.80. The molecule has 0 aliphatic rings. The third kappa shape index (κ3) is 4.22. The van der Waals surface area contributed by atoms with Crippen LogP contribution in [0.1, 0.15) is 10.4 Å². The number of thiophene rings is 1. The van der Waals surface area contributed by atoms with E-state index in [-0.39, 0.29) is 0 Å². The molecule has 1 aromatic carbocycles. The van der Waals surface area contributed by atoms with Gasteiger partial charge in [0.1, 0.15) is 12.4 Å². The van der Waals surface area contributed by atoms with E-state index in [0.29, 0.717) is 12.4 Å². The fourth-order valence-electron chi connectivity index (χ4n) is 1.49. The van der Waals surface area contributed by atoms with Crippen LogP contribution in [0.15, 0.2) is 46.3 Å². The Hall–Kier alpha value is -1.59. The Morgan fingerprint density at radius 1 is 1.42 bits per heavy atom. The van der Waals surface area contributed by atoms with Gasteiger partial charge in [-0.15, -0.1) is 11.3 Å². The van der Waals surface area contributed by atoms with Crippen LogP contribution < -0.4 is 4.74 Å². The van der Waals surface area contributed by atoms with Crippen molar-refractivity contribution in [1.29, 1.82) is 0 Å². The third-order valence-electron chi connectivity index (χ3n) is 2.32. The number of benzene rings is 1. The quantitative estimate of drug-likeness (QED) is 0.831. The number of hydrogen-bond donors (Lipinski definition) is 1. The molecule has 0 aliphatic carbocycles. The summed E-state index contributed by atoms with van der Waals surface area (Å²) in [6.45, 7) is 0.466. The summed E-state index contributed by atoms with van der Waals surface area (Å²) in [5.74, 6) is -0.304. The topological polar surface area (TPSA) is 46.5 Å². The predicted molar refractivity (Wildman–Crippen MR) is 79.5 cm³/mol. The van der Waals surface area contributed by atoms with Crippen LogP contribution >= 0.6 is 27.3 Å². The van der Waals surface area contributed by atoms with E-state index in [1.54, 1.807) is 11.3 Å². The summed E-state index contributed by atoms with van der Waals surface area (Å²) in [6, 6.07) is 9.34. The van der Waals surface area contributed by atoms with Crippen molar-refractivity contribution in [2.45, 2.75) is 6.61 Å². The fourth-order valence-corrected chi connectivity index (χ4v) is 2.85. The zero-order chi connectivity index (χ0) is 13.7. The second kappa shape index (κ2) is 6.54. The lowest BCUT2D eigenvalue weighted by molar-refractivity contribution is -0.131. The summed E-state index contributed by atoms with van der Waals surface area (Å²) in [7, 11) is 0. The van der Waals surface area contributed by atoms with Crippen LogP contribution in [-0.4, -0.2) is 11.1 Å². The maximum absolute atomic E-state index is 10.5. The molecule has 1 aromatic heterocycles. The van der Waals surface area contributed by atoms with E-state index in [0.717, 1.165) is 21.0 Å². The third-order valence-corrected chi connectivity index (χ3v) is 3.99. The highest BCUT2D eigenvalue weighted by Gasteiger charge is 2.03. The zero-order valence-corrected chi connectivity index (χ0v) is 12.3. The first-order valence-corrected chi connectivity index (χ1v) is 7.18. The van der Waals surface area contributed by atoms with E-state index in [2.05, 4.69) is 15.9 Å². The highest BCUT2D eigenvalue weighted by atomic mass is 79.9. The number of carboxylic acids is 1. The van der Waals surface area contributed by atoms with E-state index >= 15 is 0 Å². The van der Waals surface area contributed by atoms with E-state index in [4.69, 9.17) is 9.84 Å². The molecule has 0 saturated carbocycles. The van der Waals surface area contributed by atoms with E-state index in [1.165, 1.54) is 6.08 Å². The highest BCUT2D eigenvalue weighted by Crippen LogP contribution is 2.24. The lowest BCUT2D eigenvalue weighted by Crippen LogP contribution is -1.95. The van der Waals surface area contributed by atoms with Crippen molar-refractivity contribution in [2.24, 2.45) is 0 Å². The van der Waals surface area contributed by atoms with Crippen molar-refractivity contribution in [2.75, 3.05) is 0 Å². The molecule has 0 spiro atoms. The number of para-hydroxylation sites is 1. The monoisotopic (exact) mass is 338 g/mol. The van der Waals surface area contributed by atoms with Crippen molar-refractivity contribution in [3.63, 3.8) is 0 Å². The second-order valence-electron chi connectivity index (χ2n) is 3.73. The molecule has 0 aliphatic heterocycles. The lowest BCUT2D eigenvalue weighted by Gasteiger charge is -2.07. The zero-order valence-electron chi connectivity index (χ0n) is 9.88. The smallest absolute Gasteiger partial charge is 0.328 e. The van der Waals surface area contributed by atoms with Crippen LogP contribution in [0, 0.1) is 0 Å². The standard InChI is InChI=1S/C14H11BrO3S/c15-11-7-12(19-9-11)8-18-13-4-2-1-3-10(13)5-6-14(16)17/h1-7,9H,8H2,(H,16,17). The minimum atomic E-state index is -0.975. The Labute approximate surface area is 123 Å². The molecule has 2 aromatic rings. The molecular formula is C14H11BrO3S. The van der Waals surface area contributed by atoms with Gasteiger partial charge >= 0.3 is 5.97 Å². The van der Waals surface area contributed by atoms with Gasteiger partial charge in [0, 0.05) is 26.4 Å². The largest absolute Gasteiger partial charge is 0.487 e. The number of ether oxygens (including phenoxy) is 1. The molecule has 0 amide bonds. The molecular weight excluding hydrogens is 328 g/mol. The maximum Gasteiger partial charge on any atom is 0.328 e. The van der Waals surface area contributed by atoms with Crippen molar-refractivity contribution in [3.8, 4) is 5.75 Å². The Morgan fingerprint density at radius 2 is 2.21 bits per heavy atom. The Balaban J connectivity index is 2.09. The molecule has 0 atom stereocenters. The molecule has 0 radical (unpaired) electrons. The summed E-state index contributed by atoms with van der Waals surface area (Å²) in [6.07, 6.45) is 2.63. The summed E-state index contributed by atoms with van der Waals surface area (Å²) in [5.41, 5.74) is 0.750. The molecule has 0 fully saturated rings. The van der Waals surface area contributed by atoms with Crippen LogP contribution in [0.5, 0.6) is 5.75 Å². The van der Waals surface area contributed by atoms with Gasteiger partial charge in [-0.05, 0) is 34.1 Å². The van der Waals surface area contributed by atoms with Gasteiger partial charge in [-0.2, -0.15) is 0 Å². The number of rotatable bonds is 5. The van der Waals surface area contributed by atoms with Gasteiger partial charge in [0.25, 0.3) is 0 Å². The maximum atomic E-state index is 10.5. The van der Waals surface area contributed by atoms with Crippen molar-refractivity contribution in [3.05, 3.63) is 56.7 Å². The molecule has 2 rings (SSSR count). The summed E-state index contributed by atoms with van der Waals surface area (Å²) in [5, 5.41) is 10.6. The molecule has 0 unspecified atom stereocenters. The molecule has 1 N–H and O–H groups in total. The SMILES string of the molecule is O=C(O)C=Cc1ccccc1OCc1cc(Br)cs1. The van der Waals surface area contributed by atoms with Gasteiger partial charge in [-0.25, -0.2) is 4.79 Å². The Bertz CT molecular complexity index is 604. The molecule has 98 valence electrons. The second-order valence-corrected chi connectivity index (χ2v) is 5.64. The van der Waals surface area contributed by atoms with Crippen LogP contribution in [0.3, 0.4) is 0 Å². The highest BCUT2D eigenvalue weighted by molar-refractivity contribution is 9.10. The molecule has 0 bridgehead atoms. The first-order valence-electron chi connectivity index (χ1n) is 5.51. The number of carboxylic acid groups (broad SMARTS) is 1. The number of carbonyl (C=O) groups is 1. The molecule has 0 saturated heterocycles. The first kappa shape index (κ1) is 13.8. The predicted octanol–water partition coefficient (Wildman–Crippen LogP) is 4.19. The van der Waals surface area contributed by atoms with Crippen LogP contribution in [0.2, 0.25) is 0 Å². The molecule has 1 heterocycles. The van der Waals surface area contributed by atoms with Crippen LogP contribution in [-0.2, 0) is 11.4 Å². The molecule has 19 heavy (non-hydrogen) atoms. The fraction of sp³-hybridized carbons (Fsp3) is 0.0714. The molecule has 3 nitrogen and oxygen atoms in total. The Morgan fingerprint density at radius 3 is 2.89 bits per heavy atom. The minimum Gasteiger partial charge on any atom is -0.487 e. The number of aliphatic carboxylic acids is 1. The normalized spacial score (nSPS) is 10.8. The summed E-state index contributed by atoms with van der Waals surface area (Å²) < 4.78 is 6.75. The average molecular weight is 339 g/mol. The number of hydrogen-bond acceptors (Lipinski definition) is 3. The van der Waals surface area contributed by atoms with Crippen molar-refractivity contribution < 1.29 is 14.6 Å². The Kier molecular flexibility index (Phi) is 4.76. The van der Waals surface area contributed by atoms with E-state index in [9.17, 15) is 4.79 Å². The van der Waals surface area contributed by atoms with Gasteiger partial charge in [-0.3, -0.25) is 0 Å². The minimum absolute atomic E-state index is 0.466. The lowest BCUT2D eigenvalue weighted by atomic mass is 10.2. The first-order chi connectivity index (χ1) is 9.15. The summed E-state index contributed by atoms with van der Waals surface area (Å²) in [4.78, 5) is 11.6. The van der Waals surface area contributed by atoms with Gasteiger partial charge in [0.2, 0.25) is 0 Å². The van der Waals surface area contributed by atoms with E-state index < -0.39 is 5.97 Å². The van der Waals surface area contributed by atoms with Gasteiger partial charge in [-0.1, -0.05) is 18.2 Å². The van der Waals surface area contributed by atoms with Crippen molar-refractivity contribution in [1.82, 2.24) is 0 Å². The van der Waals surface area contributed by atoms with Gasteiger partial charge in [0.15, 0.2) is 0 Å². The summed E-state index contributed by atoms with van der Waals surface area (Å²) >= 11 is 5.00. The van der Waals surface area contributed by atoms with Gasteiger partial charge < -0.3 is 9.84 Å². The molecule has 5 heteroatoms. The van der Waals surface area contributed by atoms with Crippen LogP contribution in [0.4, 0.5) is 0 Å². The number of halogens is 1. The van der Waals surface area contributed by atoms with E-state index in [1.807, 2.05) is 35.7 Å².